The van der Waals surface area contributed by atoms with Gasteiger partial charge in [0.15, 0.2) is 8.32 Å². The summed E-state index contributed by atoms with van der Waals surface area (Å²) >= 11 is 0. The second-order valence-corrected chi connectivity index (χ2v) is 16.2. The lowest BCUT2D eigenvalue weighted by atomic mass is 10.1. The van der Waals surface area contributed by atoms with Crippen molar-refractivity contribution in [1.82, 2.24) is 0 Å². The minimum atomic E-state index is -1.94. The monoisotopic (exact) mass is 340 g/mol. The van der Waals surface area contributed by atoms with Crippen molar-refractivity contribution in [3.8, 4) is 5.75 Å². The summed E-state index contributed by atoms with van der Waals surface area (Å²) < 4.78 is 17.1. The maximum Gasteiger partial charge on any atom is 0.321 e. The van der Waals surface area contributed by atoms with Crippen molar-refractivity contribution >= 4 is 22.6 Å². The highest BCUT2D eigenvalue weighted by Crippen LogP contribution is 2.22. The van der Waals surface area contributed by atoms with Crippen LogP contribution in [-0.2, 0) is 20.1 Å². The Balaban J connectivity index is 2.98. The number of hydrogen-bond donors (Lipinski definition) is 0. The molecule has 0 radical (unpaired) electrons. The van der Waals surface area contributed by atoms with Gasteiger partial charge in [-0.05, 0) is 50.9 Å². The molecule has 124 valence electrons. The highest BCUT2D eigenvalue weighted by Gasteiger charge is 2.32. The van der Waals surface area contributed by atoms with Crippen LogP contribution in [0.25, 0.3) is 0 Å². The molecule has 6 heteroatoms. The van der Waals surface area contributed by atoms with Crippen molar-refractivity contribution in [2.45, 2.75) is 51.8 Å². The van der Waals surface area contributed by atoms with Crippen LogP contribution in [-0.4, -0.2) is 35.8 Å². The lowest BCUT2D eigenvalue weighted by Crippen LogP contribution is -2.42. The smallest absolute Gasteiger partial charge is 0.321 e. The second kappa shape index (κ2) is 7.43. The van der Waals surface area contributed by atoms with Crippen LogP contribution in [0.5, 0.6) is 5.75 Å². The highest BCUT2D eigenvalue weighted by atomic mass is 28.4. The molecular weight excluding hydrogens is 312 g/mol. The number of benzene rings is 1. The number of hydrogen-bond acceptors (Lipinski definition) is 4. The van der Waals surface area contributed by atoms with E-state index in [9.17, 15) is 4.79 Å². The molecule has 0 heterocycles. The number of methoxy groups -OCH3 is 1. The van der Waals surface area contributed by atoms with Gasteiger partial charge >= 0.3 is 5.97 Å². The first-order chi connectivity index (χ1) is 10.0. The normalized spacial score (nSPS) is 13.6. The van der Waals surface area contributed by atoms with Gasteiger partial charge in [-0.25, -0.2) is 0 Å². The molecule has 22 heavy (non-hydrogen) atoms. The standard InChI is InChI=1S/C16H28O4Si2/c1-18-14-11-9-8-10-13(14)12-15(19-21(2,3)4)16(17)20-22(5,6)7/h8-11,15H,12H2,1-7H3. The van der Waals surface area contributed by atoms with Crippen LogP contribution in [0.15, 0.2) is 24.3 Å². The molecule has 1 atom stereocenters. The lowest BCUT2D eigenvalue weighted by Gasteiger charge is -2.28. The first kappa shape index (κ1) is 18.9. The van der Waals surface area contributed by atoms with E-state index in [4.69, 9.17) is 13.6 Å². The fourth-order valence-electron chi connectivity index (χ4n) is 2.04. The fraction of sp³-hybridized carbons (Fsp3) is 0.562. The largest absolute Gasteiger partial charge is 0.518 e. The first-order valence-electron chi connectivity index (χ1n) is 7.54. The third-order valence-corrected chi connectivity index (χ3v) is 4.57. The molecule has 1 rings (SSSR count). The van der Waals surface area contributed by atoms with Crippen LogP contribution in [0.4, 0.5) is 0 Å². The Morgan fingerprint density at radius 1 is 1.05 bits per heavy atom. The molecule has 0 amide bonds. The van der Waals surface area contributed by atoms with Crippen LogP contribution in [0.1, 0.15) is 5.56 Å². The molecule has 0 spiro atoms. The van der Waals surface area contributed by atoms with Gasteiger partial charge in [0.2, 0.25) is 8.32 Å². The molecule has 1 aromatic carbocycles. The fourth-order valence-corrected chi connectivity index (χ4v) is 3.81. The minimum Gasteiger partial charge on any atom is -0.518 e. The summed E-state index contributed by atoms with van der Waals surface area (Å²) in [4.78, 5) is 12.5. The van der Waals surface area contributed by atoms with Gasteiger partial charge in [-0.1, -0.05) is 18.2 Å². The molecular formula is C16H28O4Si2. The van der Waals surface area contributed by atoms with E-state index in [0.29, 0.717) is 6.42 Å². The molecule has 0 N–H and O–H groups in total. The maximum atomic E-state index is 12.5. The second-order valence-electron chi connectivity index (χ2n) is 7.27. The molecule has 0 aliphatic carbocycles. The van der Waals surface area contributed by atoms with E-state index in [2.05, 4.69) is 19.6 Å². The number of ether oxygens (including phenoxy) is 1. The third kappa shape index (κ3) is 6.76. The van der Waals surface area contributed by atoms with Crippen molar-refractivity contribution < 1.29 is 18.4 Å². The van der Waals surface area contributed by atoms with E-state index in [-0.39, 0.29) is 5.97 Å². The zero-order valence-electron chi connectivity index (χ0n) is 14.7. The van der Waals surface area contributed by atoms with Gasteiger partial charge in [-0.2, -0.15) is 0 Å². The molecule has 1 unspecified atom stereocenters. The van der Waals surface area contributed by atoms with Gasteiger partial charge in [0.1, 0.15) is 11.9 Å². The molecule has 0 aliphatic heterocycles. The summed E-state index contributed by atoms with van der Waals surface area (Å²) in [5, 5.41) is 0. The van der Waals surface area contributed by atoms with E-state index < -0.39 is 22.7 Å². The van der Waals surface area contributed by atoms with Gasteiger partial charge in [0.25, 0.3) is 0 Å². The Kier molecular flexibility index (Phi) is 6.40. The molecule has 1 aromatic rings. The van der Waals surface area contributed by atoms with E-state index in [1.807, 2.05) is 43.9 Å². The van der Waals surface area contributed by atoms with Crippen LogP contribution < -0.4 is 4.74 Å². The number of carbonyl (C=O) groups excluding carboxylic acids is 1. The molecule has 0 fully saturated rings. The summed E-state index contributed by atoms with van der Waals surface area (Å²) in [7, 11) is -2.18. The summed E-state index contributed by atoms with van der Waals surface area (Å²) in [6, 6.07) is 7.70. The minimum absolute atomic E-state index is 0.257. The Labute approximate surface area is 136 Å². The van der Waals surface area contributed by atoms with E-state index >= 15 is 0 Å². The Hall–Kier alpha value is -1.12. The zero-order chi connectivity index (χ0) is 17.0. The van der Waals surface area contributed by atoms with E-state index in [0.717, 1.165) is 11.3 Å². The average Bonchev–Trinajstić information content (AvgIpc) is 2.35. The summed E-state index contributed by atoms with van der Waals surface area (Å²) in [5.74, 6) is 0.514. The predicted octanol–water partition coefficient (Wildman–Crippen LogP) is 3.84. The predicted molar refractivity (Wildman–Crippen MR) is 94.4 cm³/mol. The molecule has 0 aliphatic rings. The average molecular weight is 341 g/mol. The Bertz CT molecular complexity index is 504. The summed E-state index contributed by atoms with van der Waals surface area (Å²) in [6.45, 7) is 12.2. The zero-order valence-corrected chi connectivity index (χ0v) is 16.7. The van der Waals surface area contributed by atoms with Crippen LogP contribution in [0.2, 0.25) is 39.3 Å². The van der Waals surface area contributed by atoms with Crippen LogP contribution in [0.3, 0.4) is 0 Å². The number of carbonyl (C=O) groups is 1. The Morgan fingerprint density at radius 3 is 2.14 bits per heavy atom. The quantitative estimate of drug-likeness (QED) is 0.708. The van der Waals surface area contributed by atoms with Crippen molar-refractivity contribution in [3.05, 3.63) is 29.8 Å². The van der Waals surface area contributed by atoms with E-state index in [1.165, 1.54) is 0 Å². The van der Waals surface area contributed by atoms with Gasteiger partial charge in [0.05, 0.1) is 7.11 Å². The topological polar surface area (TPSA) is 44.8 Å². The van der Waals surface area contributed by atoms with Gasteiger partial charge < -0.3 is 13.6 Å². The molecule has 0 aromatic heterocycles. The summed E-state index contributed by atoms with van der Waals surface area (Å²) in [6.07, 6.45) is -0.105. The maximum absolute atomic E-state index is 12.5. The first-order valence-corrected chi connectivity index (χ1v) is 14.4. The van der Waals surface area contributed by atoms with Gasteiger partial charge in [-0.15, -0.1) is 0 Å². The molecule has 0 bridgehead atoms. The Morgan fingerprint density at radius 2 is 1.64 bits per heavy atom. The lowest BCUT2D eigenvalue weighted by molar-refractivity contribution is -0.143. The molecule has 0 saturated heterocycles. The van der Waals surface area contributed by atoms with Gasteiger partial charge in [-0.3, -0.25) is 4.79 Å². The van der Waals surface area contributed by atoms with Gasteiger partial charge in [0, 0.05) is 6.42 Å². The van der Waals surface area contributed by atoms with Crippen molar-refractivity contribution in [1.29, 1.82) is 0 Å². The van der Waals surface area contributed by atoms with Crippen LogP contribution >= 0.6 is 0 Å². The molecule has 0 saturated carbocycles. The number of rotatable bonds is 7. The highest BCUT2D eigenvalue weighted by molar-refractivity contribution is 6.71. The van der Waals surface area contributed by atoms with E-state index in [1.54, 1.807) is 7.11 Å². The van der Waals surface area contributed by atoms with Crippen molar-refractivity contribution in [2.75, 3.05) is 7.11 Å². The van der Waals surface area contributed by atoms with Crippen molar-refractivity contribution in [2.24, 2.45) is 0 Å². The summed E-state index contributed by atoms with van der Waals surface area (Å²) in [5.41, 5.74) is 0.959. The van der Waals surface area contributed by atoms with Crippen LogP contribution in [0, 0.1) is 0 Å². The SMILES string of the molecule is COc1ccccc1CC(O[Si](C)(C)C)C(=O)O[Si](C)(C)C. The number of para-hydroxylation sites is 1. The van der Waals surface area contributed by atoms with Crippen molar-refractivity contribution in [3.63, 3.8) is 0 Å². The third-order valence-electron chi connectivity index (χ3n) is 2.76. The molecule has 4 nitrogen and oxygen atoms in total.